The summed E-state index contributed by atoms with van der Waals surface area (Å²) in [6.45, 7) is 5.88. The van der Waals surface area contributed by atoms with E-state index in [9.17, 15) is 9.59 Å². The molecule has 0 aromatic carbocycles. The minimum Gasteiger partial charge on any atom is -0.481 e. The minimum atomic E-state index is -0.863. The number of carbonyl (C=O) groups is 2. The Morgan fingerprint density at radius 1 is 1.47 bits per heavy atom. The number of amides is 1. The Morgan fingerprint density at radius 2 is 2.07 bits per heavy atom. The molecule has 0 saturated heterocycles. The molecule has 0 aromatic heterocycles. The van der Waals surface area contributed by atoms with Crippen LogP contribution in [0.1, 0.15) is 19.8 Å². The summed E-state index contributed by atoms with van der Waals surface area (Å²) in [6, 6.07) is 0. The molecule has 84 valence electrons. The van der Waals surface area contributed by atoms with Crippen LogP contribution in [0.2, 0.25) is 0 Å². The van der Waals surface area contributed by atoms with Crippen molar-refractivity contribution in [1.29, 1.82) is 0 Å². The number of hydrogen-bond acceptors (Lipinski definition) is 2. The van der Waals surface area contributed by atoms with Gasteiger partial charge in [-0.05, 0) is 18.8 Å². The van der Waals surface area contributed by atoms with Gasteiger partial charge in [0.2, 0.25) is 5.91 Å². The zero-order chi connectivity index (χ0) is 11.4. The van der Waals surface area contributed by atoms with Gasteiger partial charge in [0.15, 0.2) is 0 Å². The molecule has 0 aliphatic heterocycles. The van der Waals surface area contributed by atoms with Crippen LogP contribution in [0.15, 0.2) is 12.7 Å². The molecule has 2 N–H and O–H groups in total. The largest absolute Gasteiger partial charge is 0.481 e. The van der Waals surface area contributed by atoms with Gasteiger partial charge < -0.3 is 10.4 Å². The van der Waals surface area contributed by atoms with E-state index in [1.165, 1.54) is 0 Å². The van der Waals surface area contributed by atoms with Crippen LogP contribution in [0, 0.1) is 17.8 Å². The molecule has 1 rings (SSSR count). The first-order valence-electron chi connectivity index (χ1n) is 5.17. The summed E-state index contributed by atoms with van der Waals surface area (Å²) in [4.78, 5) is 22.6. The number of hydrogen-bond donors (Lipinski definition) is 2. The molecule has 4 heteroatoms. The maximum atomic E-state index is 11.6. The van der Waals surface area contributed by atoms with Crippen LogP contribution in [0.25, 0.3) is 0 Å². The Balaban J connectivity index is 2.62. The first-order chi connectivity index (χ1) is 7.06. The fraction of sp³-hybridized carbons (Fsp3) is 0.636. The highest BCUT2D eigenvalue weighted by Crippen LogP contribution is 2.36. The first kappa shape index (κ1) is 11.8. The van der Waals surface area contributed by atoms with Crippen molar-refractivity contribution < 1.29 is 14.7 Å². The molecule has 0 aromatic rings. The summed E-state index contributed by atoms with van der Waals surface area (Å²) >= 11 is 0. The summed E-state index contributed by atoms with van der Waals surface area (Å²) in [5.74, 6) is -1.61. The molecule has 0 heterocycles. The van der Waals surface area contributed by atoms with E-state index in [0.29, 0.717) is 25.3 Å². The standard InChI is InChI=1S/C11H17NO3/c1-3-4-12-10(13)8-5-7(2)6-9(8)11(14)15/h3,7-9H,1,4-6H2,2H3,(H,12,13)(H,14,15)/t7?,8-,9+/m0/s1. The summed E-state index contributed by atoms with van der Waals surface area (Å²) in [6.07, 6.45) is 2.85. The smallest absolute Gasteiger partial charge is 0.307 e. The quantitative estimate of drug-likeness (QED) is 0.683. The van der Waals surface area contributed by atoms with Crippen molar-refractivity contribution in [3.63, 3.8) is 0 Å². The van der Waals surface area contributed by atoms with E-state index in [4.69, 9.17) is 5.11 Å². The van der Waals surface area contributed by atoms with Crippen LogP contribution in [0.5, 0.6) is 0 Å². The van der Waals surface area contributed by atoms with E-state index in [1.807, 2.05) is 6.92 Å². The number of aliphatic carboxylic acids is 1. The van der Waals surface area contributed by atoms with Gasteiger partial charge in [-0.1, -0.05) is 13.0 Å². The highest BCUT2D eigenvalue weighted by Gasteiger charge is 2.40. The van der Waals surface area contributed by atoms with Crippen LogP contribution >= 0.6 is 0 Å². The average Bonchev–Trinajstić information content (AvgIpc) is 2.57. The monoisotopic (exact) mass is 211 g/mol. The van der Waals surface area contributed by atoms with Gasteiger partial charge >= 0.3 is 5.97 Å². The number of nitrogens with one attached hydrogen (secondary N) is 1. The Labute approximate surface area is 89.4 Å². The molecule has 0 bridgehead atoms. The summed E-state index contributed by atoms with van der Waals surface area (Å²) in [7, 11) is 0. The lowest BCUT2D eigenvalue weighted by atomic mass is 9.95. The molecule has 1 amide bonds. The SMILES string of the molecule is C=CCNC(=O)[C@H]1CC(C)C[C@H]1C(=O)O. The third kappa shape index (κ3) is 2.81. The Morgan fingerprint density at radius 3 is 2.60 bits per heavy atom. The van der Waals surface area contributed by atoms with Gasteiger partial charge in [-0.3, -0.25) is 9.59 Å². The van der Waals surface area contributed by atoms with Gasteiger partial charge in [-0.2, -0.15) is 0 Å². The highest BCUT2D eigenvalue weighted by molar-refractivity contribution is 5.85. The molecule has 1 fully saturated rings. The predicted octanol–water partition coefficient (Wildman–Crippen LogP) is 1.04. The van der Waals surface area contributed by atoms with E-state index in [-0.39, 0.29) is 11.8 Å². The maximum Gasteiger partial charge on any atom is 0.307 e. The van der Waals surface area contributed by atoms with E-state index >= 15 is 0 Å². The second kappa shape index (κ2) is 4.96. The number of carbonyl (C=O) groups excluding carboxylic acids is 1. The van der Waals surface area contributed by atoms with Crippen molar-refractivity contribution in [2.45, 2.75) is 19.8 Å². The van der Waals surface area contributed by atoms with Crippen LogP contribution in [0.3, 0.4) is 0 Å². The van der Waals surface area contributed by atoms with Crippen molar-refractivity contribution in [3.05, 3.63) is 12.7 Å². The summed E-state index contributed by atoms with van der Waals surface area (Å²) in [5, 5.41) is 11.6. The van der Waals surface area contributed by atoms with Crippen LogP contribution in [-0.2, 0) is 9.59 Å². The van der Waals surface area contributed by atoms with Crippen molar-refractivity contribution in [2.24, 2.45) is 17.8 Å². The number of rotatable bonds is 4. The lowest BCUT2D eigenvalue weighted by Crippen LogP contribution is -2.35. The van der Waals surface area contributed by atoms with Gasteiger partial charge in [0.25, 0.3) is 0 Å². The molecule has 0 radical (unpaired) electrons. The lowest BCUT2D eigenvalue weighted by molar-refractivity contribution is -0.146. The average molecular weight is 211 g/mol. The molecular formula is C11H17NO3. The molecule has 1 saturated carbocycles. The van der Waals surface area contributed by atoms with Gasteiger partial charge in [-0.25, -0.2) is 0 Å². The Kier molecular flexibility index (Phi) is 3.88. The highest BCUT2D eigenvalue weighted by atomic mass is 16.4. The molecule has 3 atom stereocenters. The lowest BCUT2D eigenvalue weighted by Gasteiger charge is -2.14. The fourth-order valence-electron chi connectivity index (χ4n) is 2.16. The van der Waals surface area contributed by atoms with E-state index < -0.39 is 11.9 Å². The van der Waals surface area contributed by atoms with Crippen molar-refractivity contribution >= 4 is 11.9 Å². The molecule has 1 aliphatic carbocycles. The van der Waals surface area contributed by atoms with Gasteiger partial charge in [-0.15, -0.1) is 6.58 Å². The summed E-state index contributed by atoms with van der Waals surface area (Å²) in [5.41, 5.74) is 0. The van der Waals surface area contributed by atoms with Crippen molar-refractivity contribution in [3.8, 4) is 0 Å². The molecule has 0 spiro atoms. The normalized spacial score (nSPS) is 29.8. The Hall–Kier alpha value is -1.32. The van der Waals surface area contributed by atoms with Crippen molar-refractivity contribution in [1.82, 2.24) is 5.32 Å². The third-order valence-corrected chi connectivity index (χ3v) is 2.87. The van der Waals surface area contributed by atoms with Crippen LogP contribution in [0.4, 0.5) is 0 Å². The topological polar surface area (TPSA) is 66.4 Å². The fourth-order valence-corrected chi connectivity index (χ4v) is 2.16. The Bertz CT molecular complexity index is 275. The number of carboxylic acids is 1. The third-order valence-electron chi connectivity index (χ3n) is 2.87. The zero-order valence-corrected chi connectivity index (χ0v) is 8.90. The van der Waals surface area contributed by atoms with Crippen LogP contribution < -0.4 is 5.32 Å². The second-order valence-corrected chi connectivity index (χ2v) is 4.16. The van der Waals surface area contributed by atoms with E-state index in [0.717, 1.165) is 0 Å². The molecular weight excluding hydrogens is 194 g/mol. The molecule has 1 unspecified atom stereocenters. The first-order valence-corrected chi connectivity index (χ1v) is 5.17. The molecule has 15 heavy (non-hydrogen) atoms. The summed E-state index contributed by atoms with van der Waals surface area (Å²) < 4.78 is 0. The van der Waals surface area contributed by atoms with Gasteiger partial charge in [0.1, 0.15) is 0 Å². The van der Waals surface area contributed by atoms with E-state index in [1.54, 1.807) is 6.08 Å². The second-order valence-electron chi connectivity index (χ2n) is 4.16. The van der Waals surface area contributed by atoms with Gasteiger partial charge in [0.05, 0.1) is 11.8 Å². The molecule has 1 aliphatic rings. The molecule has 4 nitrogen and oxygen atoms in total. The maximum absolute atomic E-state index is 11.6. The van der Waals surface area contributed by atoms with Crippen molar-refractivity contribution in [2.75, 3.05) is 6.54 Å². The van der Waals surface area contributed by atoms with Gasteiger partial charge in [0, 0.05) is 6.54 Å². The zero-order valence-electron chi connectivity index (χ0n) is 8.90. The predicted molar refractivity (Wildman–Crippen MR) is 56.2 cm³/mol. The number of carboxylic acid groups (broad SMARTS) is 1. The minimum absolute atomic E-state index is 0.161. The van der Waals surface area contributed by atoms with Crippen LogP contribution in [-0.4, -0.2) is 23.5 Å². The van der Waals surface area contributed by atoms with E-state index in [2.05, 4.69) is 11.9 Å².